The van der Waals surface area contributed by atoms with Crippen molar-refractivity contribution in [2.24, 2.45) is 0 Å². The molecule has 0 radical (unpaired) electrons. The molecule has 3 rings (SSSR count). The van der Waals surface area contributed by atoms with Crippen molar-refractivity contribution in [3.8, 4) is 5.75 Å². The fourth-order valence-electron chi connectivity index (χ4n) is 3.32. The lowest BCUT2D eigenvalue weighted by Crippen LogP contribution is -2.29. The van der Waals surface area contributed by atoms with Crippen molar-refractivity contribution in [1.82, 2.24) is 10.6 Å². The van der Waals surface area contributed by atoms with Crippen LogP contribution in [0, 0.1) is 0 Å². The van der Waals surface area contributed by atoms with E-state index < -0.39 is 0 Å². The van der Waals surface area contributed by atoms with E-state index in [9.17, 15) is 14.4 Å². The molecule has 0 spiro atoms. The third-order valence-electron chi connectivity index (χ3n) is 5.08. The van der Waals surface area contributed by atoms with Crippen LogP contribution in [0.1, 0.15) is 45.7 Å². The molecule has 0 aliphatic rings. The molecule has 3 N–H and O–H groups in total. The van der Waals surface area contributed by atoms with Crippen molar-refractivity contribution in [3.05, 3.63) is 95.6 Å². The van der Waals surface area contributed by atoms with Gasteiger partial charge in [0.2, 0.25) is 5.91 Å². The molecule has 33 heavy (non-hydrogen) atoms. The van der Waals surface area contributed by atoms with E-state index in [-0.39, 0.29) is 36.7 Å². The fourth-order valence-corrected chi connectivity index (χ4v) is 3.32. The quantitative estimate of drug-likeness (QED) is 0.465. The monoisotopic (exact) mass is 445 g/mol. The minimum absolute atomic E-state index is 0.0528. The Morgan fingerprint density at radius 2 is 1.45 bits per heavy atom. The Hall–Kier alpha value is -4.13. The standard InChI is InChI=1S/C26H27N3O4/c1-18(19-10-4-3-5-11-19)28-26(32)20-12-6-8-14-22(20)29-24(30)16-17-27-25(31)21-13-7-9-15-23(21)33-2/h3-15,18H,16-17H2,1-2H3,(H,27,31)(H,28,32)(H,29,30). The van der Waals surface area contributed by atoms with Crippen LogP contribution in [0.5, 0.6) is 5.75 Å². The second-order valence-electron chi connectivity index (χ2n) is 7.41. The first kappa shape index (κ1) is 23.5. The average molecular weight is 446 g/mol. The summed E-state index contributed by atoms with van der Waals surface area (Å²) < 4.78 is 5.19. The summed E-state index contributed by atoms with van der Waals surface area (Å²) in [6, 6.07) is 23.1. The summed E-state index contributed by atoms with van der Waals surface area (Å²) in [7, 11) is 1.49. The molecule has 1 unspecified atom stereocenters. The van der Waals surface area contributed by atoms with E-state index in [1.807, 2.05) is 37.3 Å². The summed E-state index contributed by atoms with van der Waals surface area (Å²) in [6.07, 6.45) is 0.0528. The number of para-hydroxylation sites is 2. The van der Waals surface area contributed by atoms with Gasteiger partial charge < -0.3 is 20.7 Å². The molecule has 0 saturated carbocycles. The molecule has 3 amide bonds. The number of nitrogens with one attached hydrogen (secondary N) is 3. The summed E-state index contributed by atoms with van der Waals surface area (Å²) in [5.41, 5.74) is 2.16. The SMILES string of the molecule is COc1ccccc1C(=O)NCCC(=O)Nc1ccccc1C(=O)NC(C)c1ccccc1. The molecule has 170 valence electrons. The number of benzene rings is 3. The smallest absolute Gasteiger partial charge is 0.255 e. The summed E-state index contributed by atoms with van der Waals surface area (Å²) in [4.78, 5) is 37.6. The normalized spacial score (nSPS) is 11.2. The van der Waals surface area contributed by atoms with Crippen LogP contribution >= 0.6 is 0 Å². The van der Waals surface area contributed by atoms with Gasteiger partial charge in [0.1, 0.15) is 5.75 Å². The van der Waals surface area contributed by atoms with Crippen LogP contribution in [0.15, 0.2) is 78.9 Å². The first-order valence-corrected chi connectivity index (χ1v) is 10.7. The van der Waals surface area contributed by atoms with Gasteiger partial charge in [-0.1, -0.05) is 54.6 Å². The van der Waals surface area contributed by atoms with Gasteiger partial charge in [0.15, 0.2) is 0 Å². The summed E-state index contributed by atoms with van der Waals surface area (Å²) in [5, 5.41) is 8.43. The van der Waals surface area contributed by atoms with Gasteiger partial charge in [-0.3, -0.25) is 14.4 Å². The van der Waals surface area contributed by atoms with Gasteiger partial charge in [-0.05, 0) is 36.8 Å². The topological polar surface area (TPSA) is 96.5 Å². The zero-order valence-electron chi connectivity index (χ0n) is 18.6. The number of rotatable bonds is 9. The molecular formula is C26H27N3O4. The number of amides is 3. The van der Waals surface area contributed by atoms with Gasteiger partial charge in [0.05, 0.1) is 30.0 Å². The zero-order chi connectivity index (χ0) is 23.6. The van der Waals surface area contributed by atoms with Crippen molar-refractivity contribution < 1.29 is 19.1 Å². The van der Waals surface area contributed by atoms with Gasteiger partial charge in [0, 0.05) is 13.0 Å². The number of hydrogen-bond acceptors (Lipinski definition) is 4. The Labute approximate surface area is 193 Å². The van der Waals surface area contributed by atoms with Crippen molar-refractivity contribution >= 4 is 23.4 Å². The maximum absolute atomic E-state index is 12.8. The van der Waals surface area contributed by atoms with Crippen molar-refractivity contribution in [2.45, 2.75) is 19.4 Å². The molecule has 0 aliphatic heterocycles. The van der Waals surface area contributed by atoms with E-state index in [0.29, 0.717) is 22.6 Å². The van der Waals surface area contributed by atoms with Crippen molar-refractivity contribution in [1.29, 1.82) is 0 Å². The maximum Gasteiger partial charge on any atom is 0.255 e. The first-order valence-electron chi connectivity index (χ1n) is 10.7. The van der Waals surface area contributed by atoms with Gasteiger partial charge in [-0.15, -0.1) is 0 Å². The molecule has 0 saturated heterocycles. The lowest BCUT2D eigenvalue weighted by molar-refractivity contribution is -0.116. The predicted molar refractivity (Wildman–Crippen MR) is 127 cm³/mol. The van der Waals surface area contributed by atoms with Gasteiger partial charge in [-0.25, -0.2) is 0 Å². The minimum Gasteiger partial charge on any atom is -0.496 e. The number of ether oxygens (including phenoxy) is 1. The number of carbonyl (C=O) groups is 3. The molecule has 0 aliphatic carbocycles. The number of methoxy groups -OCH3 is 1. The Kier molecular flexibility index (Phi) is 8.18. The Morgan fingerprint density at radius 3 is 2.18 bits per heavy atom. The third-order valence-corrected chi connectivity index (χ3v) is 5.08. The molecule has 7 heteroatoms. The molecule has 1 atom stereocenters. The lowest BCUT2D eigenvalue weighted by Gasteiger charge is -2.16. The van der Waals surface area contributed by atoms with Crippen LogP contribution in [0.2, 0.25) is 0 Å². The van der Waals surface area contributed by atoms with Gasteiger partial charge >= 0.3 is 0 Å². The molecule has 0 heterocycles. The summed E-state index contributed by atoms with van der Waals surface area (Å²) in [6.45, 7) is 2.04. The maximum atomic E-state index is 12.8. The van der Waals surface area contributed by atoms with E-state index in [4.69, 9.17) is 4.74 Å². The van der Waals surface area contributed by atoms with Crippen LogP contribution in [-0.4, -0.2) is 31.4 Å². The second-order valence-corrected chi connectivity index (χ2v) is 7.41. The largest absolute Gasteiger partial charge is 0.496 e. The van der Waals surface area contributed by atoms with E-state index in [0.717, 1.165) is 5.56 Å². The van der Waals surface area contributed by atoms with Crippen LogP contribution in [0.4, 0.5) is 5.69 Å². The molecule has 3 aromatic carbocycles. The van der Waals surface area contributed by atoms with E-state index in [2.05, 4.69) is 16.0 Å². The first-order chi connectivity index (χ1) is 16.0. The molecular weight excluding hydrogens is 418 g/mol. The number of anilines is 1. The summed E-state index contributed by atoms with van der Waals surface area (Å²) in [5.74, 6) is -0.461. The highest BCUT2D eigenvalue weighted by molar-refractivity contribution is 6.04. The third kappa shape index (κ3) is 6.43. The van der Waals surface area contributed by atoms with Crippen LogP contribution in [0.25, 0.3) is 0 Å². The highest BCUT2D eigenvalue weighted by Gasteiger charge is 2.16. The lowest BCUT2D eigenvalue weighted by atomic mass is 10.1. The molecule has 0 bridgehead atoms. The highest BCUT2D eigenvalue weighted by Crippen LogP contribution is 2.19. The predicted octanol–water partition coefficient (Wildman–Crippen LogP) is 3.94. The second kappa shape index (κ2) is 11.5. The van der Waals surface area contributed by atoms with Gasteiger partial charge in [-0.2, -0.15) is 0 Å². The zero-order valence-corrected chi connectivity index (χ0v) is 18.6. The Morgan fingerprint density at radius 1 is 0.818 bits per heavy atom. The Bertz CT molecular complexity index is 1120. The van der Waals surface area contributed by atoms with Crippen molar-refractivity contribution in [2.75, 3.05) is 19.0 Å². The van der Waals surface area contributed by atoms with Crippen LogP contribution < -0.4 is 20.7 Å². The van der Waals surface area contributed by atoms with E-state index in [1.54, 1.807) is 48.5 Å². The molecule has 7 nitrogen and oxygen atoms in total. The average Bonchev–Trinajstić information content (AvgIpc) is 2.84. The number of carbonyl (C=O) groups excluding carboxylic acids is 3. The van der Waals surface area contributed by atoms with Crippen LogP contribution in [-0.2, 0) is 4.79 Å². The van der Waals surface area contributed by atoms with Crippen molar-refractivity contribution in [3.63, 3.8) is 0 Å². The van der Waals surface area contributed by atoms with E-state index >= 15 is 0 Å². The van der Waals surface area contributed by atoms with Gasteiger partial charge in [0.25, 0.3) is 11.8 Å². The van der Waals surface area contributed by atoms with E-state index in [1.165, 1.54) is 7.11 Å². The fraction of sp³-hybridized carbons (Fsp3) is 0.192. The molecule has 0 fully saturated rings. The summed E-state index contributed by atoms with van der Waals surface area (Å²) >= 11 is 0. The molecule has 0 aromatic heterocycles. The minimum atomic E-state index is -0.324. The number of hydrogen-bond donors (Lipinski definition) is 3. The highest BCUT2D eigenvalue weighted by atomic mass is 16.5. The molecule has 3 aromatic rings. The Balaban J connectivity index is 1.56. The van der Waals surface area contributed by atoms with Crippen LogP contribution in [0.3, 0.4) is 0 Å².